The zero-order valence-corrected chi connectivity index (χ0v) is 12.2. The normalized spacial score (nSPS) is 12.8. The Bertz CT molecular complexity index is 844. The smallest absolute Gasteiger partial charge is 0.277 e. The minimum Gasteiger partial charge on any atom is -0.348 e. The van der Waals surface area contributed by atoms with Gasteiger partial charge in [-0.05, 0) is 19.1 Å². The van der Waals surface area contributed by atoms with Crippen LogP contribution in [-0.4, -0.2) is 35.5 Å². The molecule has 1 atom stereocenters. The molecule has 0 aliphatic heterocycles. The lowest BCUT2D eigenvalue weighted by molar-refractivity contribution is 0.469. The first-order chi connectivity index (χ1) is 10.1. The largest absolute Gasteiger partial charge is 0.348 e. The van der Waals surface area contributed by atoms with Crippen molar-refractivity contribution in [2.45, 2.75) is 26.1 Å². The number of hydrogen-bond acceptors (Lipinski definition) is 5. The van der Waals surface area contributed by atoms with Crippen LogP contribution in [-0.2, 0) is 13.1 Å². The Hall–Kier alpha value is -2.26. The zero-order chi connectivity index (χ0) is 14.8. The van der Waals surface area contributed by atoms with E-state index >= 15 is 0 Å². The van der Waals surface area contributed by atoms with E-state index in [-0.39, 0.29) is 11.6 Å². The summed E-state index contributed by atoms with van der Waals surface area (Å²) in [4.78, 5) is 28.6. The standard InChI is InChI=1S/C12H15N7OS/c1-7(15-4-8-13-2-3-14-8)5-19-10-9(16-6-17-10)11(20)18-12(19)21/h2-3,6-7,15H,4-5H2,1H3,(H,13,14)(H,16,17)(H,18,20,21). The van der Waals surface area contributed by atoms with Crippen LogP contribution < -0.4 is 10.9 Å². The van der Waals surface area contributed by atoms with Gasteiger partial charge in [0.1, 0.15) is 11.3 Å². The second kappa shape index (κ2) is 5.62. The molecule has 110 valence electrons. The Balaban J connectivity index is 1.79. The monoisotopic (exact) mass is 305 g/mol. The summed E-state index contributed by atoms with van der Waals surface area (Å²) in [5.74, 6) is 0.872. The third kappa shape index (κ3) is 2.78. The van der Waals surface area contributed by atoms with Crippen molar-refractivity contribution in [1.29, 1.82) is 0 Å². The van der Waals surface area contributed by atoms with E-state index in [0.717, 1.165) is 5.82 Å². The summed E-state index contributed by atoms with van der Waals surface area (Å²) in [6.07, 6.45) is 4.99. The van der Waals surface area contributed by atoms with E-state index in [1.807, 2.05) is 11.5 Å². The van der Waals surface area contributed by atoms with Crippen LogP contribution in [0.1, 0.15) is 12.7 Å². The van der Waals surface area contributed by atoms with E-state index in [1.165, 1.54) is 6.33 Å². The maximum atomic E-state index is 11.7. The number of aromatic amines is 3. The summed E-state index contributed by atoms with van der Waals surface area (Å²) < 4.78 is 2.17. The average molecular weight is 305 g/mol. The van der Waals surface area contributed by atoms with Crippen LogP contribution in [0.5, 0.6) is 0 Å². The molecule has 21 heavy (non-hydrogen) atoms. The predicted molar refractivity (Wildman–Crippen MR) is 80.4 cm³/mol. The van der Waals surface area contributed by atoms with Crippen LogP contribution in [0, 0.1) is 4.77 Å². The summed E-state index contributed by atoms with van der Waals surface area (Å²) in [5.41, 5.74) is 0.747. The van der Waals surface area contributed by atoms with Gasteiger partial charge in [-0.1, -0.05) is 0 Å². The number of H-pyrrole nitrogens is 3. The second-order valence-electron chi connectivity index (χ2n) is 4.79. The van der Waals surface area contributed by atoms with E-state index in [0.29, 0.717) is 29.0 Å². The van der Waals surface area contributed by atoms with E-state index < -0.39 is 0 Å². The van der Waals surface area contributed by atoms with Gasteiger partial charge in [0.05, 0.1) is 12.9 Å². The van der Waals surface area contributed by atoms with Gasteiger partial charge in [0.15, 0.2) is 10.4 Å². The quantitative estimate of drug-likeness (QED) is 0.519. The molecule has 3 rings (SSSR count). The van der Waals surface area contributed by atoms with Crippen LogP contribution in [0.15, 0.2) is 23.5 Å². The van der Waals surface area contributed by atoms with E-state index in [9.17, 15) is 4.79 Å². The Morgan fingerprint density at radius 1 is 1.43 bits per heavy atom. The fourth-order valence-electron chi connectivity index (χ4n) is 2.16. The van der Waals surface area contributed by atoms with Gasteiger partial charge in [-0.2, -0.15) is 0 Å². The van der Waals surface area contributed by atoms with Gasteiger partial charge in [-0.15, -0.1) is 0 Å². The van der Waals surface area contributed by atoms with Crippen molar-refractivity contribution in [3.05, 3.63) is 39.7 Å². The van der Waals surface area contributed by atoms with Gasteiger partial charge >= 0.3 is 0 Å². The minimum atomic E-state index is -0.250. The van der Waals surface area contributed by atoms with Gasteiger partial charge in [-0.25, -0.2) is 9.97 Å². The maximum Gasteiger partial charge on any atom is 0.277 e. The highest BCUT2D eigenvalue weighted by atomic mass is 32.1. The molecule has 0 aromatic carbocycles. The third-order valence-corrected chi connectivity index (χ3v) is 3.52. The van der Waals surface area contributed by atoms with Crippen molar-refractivity contribution >= 4 is 23.4 Å². The van der Waals surface area contributed by atoms with Crippen molar-refractivity contribution in [1.82, 2.24) is 34.8 Å². The molecule has 4 N–H and O–H groups in total. The van der Waals surface area contributed by atoms with Gasteiger partial charge in [0, 0.05) is 25.0 Å². The van der Waals surface area contributed by atoms with E-state index in [2.05, 4.69) is 30.2 Å². The molecule has 0 fully saturated rings. The molecule has 0 aliphatic rings. The molecule has 0 bridgehead atoms. The summed E-state index contributed by atoms with van der Waals surface area (Å²) in [7, 11) is 0. The molecular weight excluding hydrogens is 290 g/mol. The molecule has 0 saturated carbocycles. The lowest BCUT2D eigenvalue weighted by atomic mass is 10.3. The SMILES string of the molecule is CC(Cn1c(=S)[nH]c(=O)c2[nH]cnc21)NCc1ncc[nH]1. The van der Waals surface area contributed by atoms with Gasteiger partial charge in [0.25, 0.3) is 5.56 Å². The molecular formula is C12H15N7OS. The van der Waals surface area contributed by atoms with Crippen molar-refractivity contribution in [3.8, 4) is 0 Å². The van der Waals surface area contributed by atoms with E-state index in [4.69, 9.17) is 12.2 Å². The van der Waals surface area contributed by atoms with Crippen molar-refractivity contribution in [2.75, 3.05) is 0 Å². The zero-order valence-electron chi connectivity index (χ0n) is 11.4. The average Bonchev–Trinajstić information content (AvgIpc) is 3.12. The minimum absolute atomic E-state index is 0.132. The highest BCUT2D eigenvalue weighted by Crippen LogP contribution is 2.05. The van der Waals surface area contributed by atoms with Crippen LogP contribution >= 0.6 is 12.2 Å². The number of rotatable bonds is 5. The molecule has 0 saturated heterocycles. The summed E-state index contributed by atoms with van der Waals surface area (Å²) in [5, 5.41) is 3.34. The number of fused-ring (bicyclic) bond motifs is 1. The van der Waals surface area contributed by atoms with Crippen LogP contribution in [0.25, 0.3) is 11.2 Å². The molecule has 3 heterocycles. The van der Waals surface area contributed by atoms with Crippen molar-refractivity contribution < 1.29 is 0 Å². The number of hydrogen-bond donors (Lipinski definition) is 4. The maximum absolute atomic E-state index is 11.7. The first kappa shape index (κ1) is 13.7. The Morgan fingerprint density at radius 3 is 3.05 bits per heavy atom. The van der Waals surface area contributed by atoms with Crippen molar-refractivity contribution in [3.63, 3.8) is 0 Å². The van der Waals surface area contributed by atoms with Gasteiger partial charge in [0.2, 0.25) is 0 Å². The Kier molecular flexibility index (Phi) is 3.67. The highest BCUT2D eigenvalue weighted by Gasteiger charge is 2.11. The summed E-state index contributed by atoms with van der Waals surface area (Å²) in [6, 6.07) is 0.132. The highest BCUT2D eigenvalue weighted by molar-refractivity contribution is 7.71. The Morgan fingerprint density at radius 2 is 2.29 bits per heavy atom. The van der Waals surface area contributed by atoms with Crippen LogP contribution in [0.4, 0.5) is 0 Å². The Labute approximate surface area is 124 Å². The number of nitrogens with zero attached hydrogens (tertiary/aromatic N) is 3. The predicted octanol–water partition coefficient (Wildman–Crippen LogP) is 0.684. The summed E-state index contributed by atoms with van der Waals surface area (Å²) >= 11 is 5.22. The fourth-order valence-corrected chi connectivity index (χ4v) is 2.41. The second-order valence-corrected chi connectivity index (χ2v) is 5.18. The molecule has 3 aromatic heterocycles. The molecule has 0 spiro atoms. The molecule has 0 aliphatic carbocycles. The molecule has 9 heteroatoms. The molecule has 0 amide bonds. The van der Waals surface area contributed by atoms with E-state index in [1.54, 1.807) is 12.4 Å². The fraction of sp³-hybridized carbons (Fsp3) is 0.333. The first-order valence-corrected chi connectivity index (χ1v) is 6.94. The number of aromatic nitrogens is 6. The molecule has 3 aromatic rings. The molecule has 0 radical (unpaired) electrons. The lowest BCUT2D eigenvalue weighted by Gasteiger charge is -2.15. The summed E-state index contributed by atoms with van der Waals surface area (Å²) in [6.45, 7) is 3.26. The first-order valence-electron chi connectivity index (χ1n) is 6.53. The van der Waals surface area contributed by atoms with Gasteiger partial charge in [-0.3, -0.25) is 14.3 Å². The number of imidazole rings is 2. The molecule has 8 nitrogen and oxygen atoms in total. The van der Waals surface area contributed by atoms with Crippen LogP contribution in [0.3, 0.4) is 0 Å². The van der Waals surface area contributed by atoms with Crippen molar-refractivity contribution in [2.24, 2.45) is 0 Å². The topological polar surface area (TPSA) is 107 Å². The third-order valence-electron chi connectivity index (χ3n) is 3.20. The van der Waals surface area contributed by atoms with Crippen LogP contribution in [0.2, 0.25) is 0 Å². The lowest BCUT2D eigenvalue weighted by Crippen LogP contribution is -2.31. The number of nitrogens with one attached hydrogen (secondary N) is 4. The van der Waals surface area contributed by atoms with Gasteiger partial charge < -0.3 is 15.3 Å². The molecule has 1 unspecified atom stereocenters.